The van der Waals surface area contributed by atoms with Crippen molar-refractivity contribution in [1.82, 2.24) is 5.32 Å². The molecule has 4 nitrogen and oxygen atoms in total. The van der Waals surface area contributed by atoms with Gasteiger partial charge in [0, 0.05) is 11.1 Å². The summed E-state index contributed by atoms with van der Waals surface area (Å²) in [7, 11) is 0. The van der Waals surface area contributed by atoms with Crippen molar-refractivity contribution in [3.63, 3.8) is 0 Å². The molecule has 0 bridgehead atoms. The molecule has 0 saturated carbocycles. The number of hydrogen-bond acceptors (Lipinski definition) is 3. The molecule has 0 heterocycles. The molecular weight excluding hydrogens is 230 g/mol. The smallest absolute Gasteiger partial charge is 0.336 e. The maximum atomic E-state index is 11.9. The first-order valence-corrected chi connectivity index (χ1v) is 6.30. The SMILES string of the molecule is CCOC(=O)/C(=C(/C)NC(=O)C(C)(C)C)C(C)C. The molecule has 1 amide bonds. The number of rotatable bonds is 4. The van der Waals surface area contributed by atoms with Crippen molar-refractivity contribution in [3.05, 3.63) is 11.3 Å². The predicted molar refractivity (Wildman–Crippen MR) is 71.8 cm³/mol. The zero-order valence-electron chi connectivity index (χ0n) is 12.5. The van der Waals surface area contributed by atoms with Crippen molar-refractivity contribution in [1.29, 1.82) is 0 Å². The maximum absolute atomic E-state index is 11.9. The molecule has 1 N–H and O–H groups in total. The van der Waals surface area contributed by atoms with Crippen LogP contribution in [0.2, 0.25) is 0 Å². The average Bonchev–Trinajstić information content (AvgIpc) is 2.15. The van der Waals surface area contributed by atoms with E-state index in [0.29, 0.717) is 17.9 Å². The lowest BCUT2D eigenvalue weighted by molar-refractivity contribution is -0.139. The first-order chi connectivity index (χ1) is 8.11. The molecule has 0 unspecified atom stereocenters. The molecule has 0 aromatic rings. The van der Waals surface area contributed by atoms with Gasteiger partial charge >= 0.3 is 5.97 Å². The minimum atomic E-state index is -0.488. The summed E-state index contributed by atoms with van der Waals surface area (Å²) >= 11 is 0. The van der Waals surface area contributed by atoms with Gasteiger partial charge in [0.2, 0.25) is 5.91 Å². The predicted octanol–water partition coefficient (Wildman–Crippen LogP) is 2.64. The molecule has 0 aliphatic carbocycles. The summed E-state index contributed by atoms with van der Waals surface area (Å²) in [5, 5.41) is 2.78. The monoisotopic (exact) mass is 255 g/mol. The zero-order valence-corrected chi connectivity index (χ0v) is 12.5. The van der Waals surface area contributed by atoms with Crippen LogP contribution in [0, 0.1) is 11.3 Å². The summed E-state index contributed by atoms with van der Waals surface area (Å²) in [6.07, 6.45) is 0. The highest BCUT2D eigenvalue weighted by molar-refractivity contribution is 5.91. The second-order valence-electron chi connectivity index (χ2n) is 5.62. The normalized spacial score (nSPS) is 13.1. The Morgan fingerprint density at radius 3 is 2.06 bits per heavy atom. The average molecular weight is 255 g/mol. The second kappa shape index (κ2) is 6.57. The van der Waals surface area contributed by atoms with E-state index in [1.165, 1.54) is 0 Å². The van der Waals surface area contributed by atoms with Crippen LogP contribution in [0.4, 0.5) is 0 Å². The van der Waals surface area contributed by atoms with Gasteiger partial charge in [0.15, 0.2) is 0 Å². The molecule has 0 spiro atoms. The Hall–Kier alpha value is -1.32. The minimum absolute atomic E-state index is 0.00400. The van der Waals surface area contributed by atoms with E-state index >= 15 is 0 Å². The van der Waals surface area contributed by atoms with Crippen molar-refractivity contribution in [2.75, 3.05) is 6.61 Å². The molecular formula is C14H25NO3. The van der Waals surface area contributed by atoms with Crippen LogP contribution in [0.1, 0.15) is 48.5 Å². The molecule has 0 aromatic heterocycles. The largest absolute Gasteiger partial charge is 0.463 e. The quantitative estimate of drug-likeness (QED) is 0.620. The van der Waals surface area contributed by atoms with E-state index in [0.717, 1.165) is 0 Å². The molecule has 0 rings (SSSR count). The zero-order chi connectivity index (χ0) is 14.5. The third kappa shape index (κ3) is 4.90. The molecule has 4 heteroatoms. The Morgan fingerprint density at radius 2 is 1.72 bits per heavy atom. The highest BCUT2D eigenvalue weighted by Gasteiger charge is 2.24. The van der Waals surface area contributed by atoms with Gasteiger partial charge in [-0.3, -0.25) is 4.79 Å². The second-order valence-corrected chi connectivity index (χ2v) is 5.62. The third-order valence-corrected chi connectivity index (χ3v) is 2.46. The van der Waals surface area contributed by atoms with E-state index in [4.69, 9.17) is 4.74 Å². The van der Waals surface area contributed by atoms with Crippen molar-refractivity contribution in [3.8, 4) is 0 Å². The number of allylic oxidation sites excluding steroid dienone is 1. The van der Waals surface area contributed by atoms with Gasteiger partial charge in [-0.15, -0.1) is 0 Å². The molecule has 18 heavy (non-hydrogen) atoms. The van der Waals surface area contributed by atoms with Crippen LogP contribution in [-0.4, -0.2) is 18.5 Å². The third-order valence-electron chi connectivity index (χ3n) is 2.46. The summed E-state index contributed by atoms with van der Waals surface area (Å²) in [6, 6.07) is 0. The van der Waals surface area contributed by atoms with E-state index in [1.54, 1.807) is 13.8 Å². The summed E-state index contributed by atoms with van der Waals surface area (Å²) < 4.78 is 5.01. The van der Waals surface area contributed by atoms with E-state index < -0.39 is 5.41 Å². The van der Waals surface area contributed by atoms with Gasteiger partial charge < -0.3 is 10.1 Å². The Balaban J connectivity index is 5.13. The number of amides is 1. The van der Waals surface area contributed by atoms with Crippen LogP contribution in [0.3, 0.4) is 0 Å². The molecule has 0 aromatic carbocycles. The summed E-state index contributed by atoms with van der Waals surface area (Å²) in [5.74, 6) is -0.467. The van der Waals surface area contributed by atoms with Crippen LogP contribution in [0.25, 0.3) is 0 Å². The van der Waals surface area contributed by atoms with Crippen LogP contribution in [0.5, 0.6) is 0 Å². The van der Waals surface area contributed by atoms with Gasteiger partial charge in [0.1, 0.15) is 0 Å². The molecule has 0 aliphatic heterocycles. The van der Waals surface area contributed by atoms with Crippen LogP contribution in [0.15, 0.2) is 11.3 Å². The van der Waals surface area contributed by atoms with Gasteiger partial charge in [-0.2, -0.15) is 0 Å². The Bertz CT molecular complexity index is 349. The molecule has 0 saturated heterocycles. The highest BCUT2D eigenvalue weighted by atomic mass is 16.5. The van der Waals surface area contributed by atoms with Crippen molar-refractivity contribution in [2.24, 2.45) is 11.3 Å². The van der Waals surface area contributed by atoms with Gasteiger partial charge in [0.05, 0.1) is 12.2 Å². The topological polar surface area (TPSA) is 55.4 Å². The lowest BCUT2D eigenvalue weighted by Crippen LogP contribution is -2.35. The molecule has 0 atom stereocenters. The Labute approximate surface area is 110 Å². The summed E-state index contributed by atoms with van der Waals surface area (Å²) in [6.45, 7) is 13.1. The Kier molecular flexibility index (Phi) is 6.09. The lowest BCUT2D eigenvalue weighted by Gasteiger charge is -2.20. The van der Waals surface area contributed by atoms with Crippen LogP contribution < -0.4 is 5.32 Å². The van der Waals surface area contributed by atoms with Crippen LogP contribution in [-0.2, 0) is 14.3 Å². The summed E-state index contributed by atoms with van der Waals surface area (Å²) in [5.41, 5.74) is 0.607. The fourth-order valence-electron chi connectivity index (χ4n) is 1.46. The van der Waals surface area contributed by atoms with Gasteiger partial charge in [-0.05, 0) is 19.8 Å². The molecule has 0 fully saturated rings. The number of carbonyl (C=O) groups is 2. The van der Waals surface area contributed by atoms with Crippen molar-refractivity contribution >= 4 is 11.9 Å². The standard InChI is InChI=1S/C14H25NO3/c1-8-18-12(16)11(9(2)3)10(4)15-13(17)14(5,6)7/h9H,8H2,1-7H3,(H,15,17)/b11-10-. The Morgan fingerprint density at radius 1 is 1.22 bits per heavy atom. The lowest BCUT2D eigenvalue weighted by atomic mass is 9.94. The first kappa shape index (κ1) is 16.7. The number of esters is 1. The number of carbonyl (C=O) groups excluding carboxylic acids is 2. The van der Waals surface area contributed by atoms with Gasteiger partial charge in [-0.1, -0.05) is 34.6 Å². The number of hydrogen-bond donors (Lipinski definition) is 1. The molecule has 0 radical (unpaired) electrons. The first-order valence-electron chi connectivity index (χ1n) is 6.30. The minimum Gasteiger partial charge on any atom is -0.463 e. The molecule has 0 aliphatic rings. The molecule has 104 valence electrons. The van der Waals surface area contributed by atoms with Crippen molar-refractivity contribution in [2.45, 2.75) is 48.5 Å². The number of ether oxygens (including phenoxy) is 1. The fourth-order valence-corrected chi connectivity index (χ4v) is 1.46. The summed E-state index contributed by atoms with van der Waals surface area (Å²) in [4.78, 5) is 23.7. The van der Waals surface area contributed by atoms with Gasteiger partial charge in [-0.25, -0.2) is 4.79 Å². The van der Waals surface area contributed by atoms with Gasteiger partial charge in [0.25, 0.3) is 0 Å². The number of nitrogens with one attached hydrogen (secondary N) is 1. The van der Waals surface area contributed by atoms with E-state index in [2.05, 4.69) is 5.32 Å². The van der Waals surface area contributed by atoms with E-state index in [9.17, 15) is 9.59 Å². The van der Waals surface area contributed by atoms with Crippen LogP contribution >= 0.6 is 0 Å². The van der Waals surface area contributed by atoms with E-state index in [-0.39, 0.29) is 17.8 Å². The highest BCUT2D eigenvalue weighted by Crippen LogP contribution is 2.18. The maximum Gasteiger partial charge on any atom is 0.336 e. The fraction of sp³-hybridized carbons (Fsp3) is 0.714. The van der Waals surface area contributed by atoms with Crippen molar-refractivity contribution < 1.29 is 14.3 Å². The van der Waals surface area contributed by atoms with E-state index in [1.807, 2.05) is 34.6 Å².